The van der Waals surface area contributed by atoms with Gasteiger partial charge in [-0.05, 0) is 25.3 Å². The monoisotopic (exact) mass is 244 g/mol. The number of benzene rings is 1. The van der Waals surface area contributed by atoms with E-state index < -0.39 is 0 Å². The van der Waals surface area contributed by atoms with Crippen LogP contribution in [0.25, 0.3) is 11.3 Å². The Morgan fingerprint density at radius 3 is 2.33 bits per heavy atom. The average Bonchev–Trinajstić information content (AvgIpc) is 2.58. The van der Waals surface area contributed by atoms with Crippen LogP contribution in [0.1, 0.15) is 25.0 Å². The van der Waals surface area contributed by atoms with E-state index in [2.05, 4.69) is 38.0 Å². The highest BCUT2D eigenvalue weighted by molar-refractivity contribution is 5.62. The molecule has 0 atom stereocenters. The lowest BCUT2D eigenvalue weighted by Crippen LogP contribution is -2.20. The quantitative estimate of drug-likeness (QED) is 0.885. The normalized spacial score (nSPS) is 11.2. The molecule has 0 aliphatic carbocycles. The van der Waals surface area contributed by atoms with Crippen LogP contribution in [0.15, 0.2) is 29.1 Å². The Balaban J connectivity index is 2.46. The molecule has 1 heterocycles. The predicted octanol–water partition coefficient (Wildman–Crippen LogP) is 3.12. The number of aromatic amines is 1. The zero-order valence-corrected chi connectivity index (χ0v) is 11.4. The van der Waals surface area contributed by atoms with Crippen LogP contribution in [0.5, 0.6) is 0 Å². The zero-order chi connectivity index (χ0) is 13.3. The first kappa shape index (κ1) is 12.7. The number of nitrogens with one attached hydrogen (secondary N) is 1. The second-order valence-corrected chi connectivity index (χ2v) is 5.29. The van der Waals surface area contributed by atoms with E-state index in [0.717, 1.165) is 23.4 Å². The molecule has 0 bridgehead atoms. The Morgan fingerprint density at radius 1 is 1.17 bits per heavy atom. The summed E-state index contributed by atoms with van der Waals surface area (Å²) in [7, 11) is 0. The maximum atomic E-state index is 12.1. The van der Waals surface area contributed by atoms with Gasteiger partial charge in [-0.25, -0.2) is 0 Å². The Kier molecular flexibility index (Phi) is 3.41. The zero-order valence-electron chi connectivity index (χ0n) is 11.4. The molecule has 0 fully saturated rings. The molecule has 2 aromatic rings. The van der Waals surface area contributed by atoms with Gasteiger partial charge in [0.1, 0.15) is 0 Å². The van der Waals surface area contributed by atoms with E-state index in [1.165, 1.54) is 5.56 Å². The number of nitrogens with zero attached hydrogens (tertiary/aromatic N) is 1. The minimum atomic E-state index is 0.0827. The minimum Gasteiger partial charge on any atom is -0.295 e. The van der Waals surface area contributed by atoms with Gasteiger partial charge < -0.3 is 0 Å². The summed E-state index contributed by atoms with van der Waals surface area (Å²) in [4.78, 5) is 12.1. The molecule has 0 unspecified atom stereocenters. The molecule has 96 valence electrons. The molecule has 0 aliphatic rings. The van der Waals surface area contributed by atoms with Crippen molar-refractivity contribution in [3.8, 4) is 11.3 Å². The molecule has 1 aromatic heterocycles. The Labute approximate surface area is 107 Å². The second-order valence-electron chi connectivity index (χ2n) is 5.29. The van der Waals surface area contributed by atoms with Gasteiger partial charge in [0.05, 0.1) is 5.69 Å². The van der Waals surface area contributed by atoms with Gasteiger partial charge in [0.25, 0.3) is 5.56 Å². The Bertz CT molecular complexity index is 588. The molecule has 2 rings (SSSR count). The van der Waals surface area contributed by atoms with Crippen molar-refractivity contribution in [2.45, 2.75) is 34.2 Å². The molecular formula is C15H20N2O. The highest BCUT2D eigenvalue weighted by Crippen LogP contribution is 2.19. The second kappa shape index (κ2) is 4.84. The summed E-state index contributed by atoms with van der Waals surface area (Å²) in [5.74, 6) is 0.451. The molecule has 1 N–H and O–H groups in total. The molecule has 0 saturated carbocycles. The lowest BCUT2D eigenvalue weighted by Gasteiger charge is -2.05. The van der Waals surface area contributed by atoms with E-state index in [1.54, 1.807) is 4.68 Å². The van der Waals surface area contributed by atoms with E-state index in [1.807, 2.05) is 19.1 Å². The summed E-state index contributed by atoms with van der Waals surface area (Å²) in [6, 6.07) is 8.22. The molecule has 3 nitrogen and oxygen atoms in total. The van der Waals surface area contributed by atoms with Crippen molar-refractivity contribution < 1.29 is 0 Å². The first-order valence-electron chi connectivity index (χ1n) is 6.35. The predicted molar refractivity (Wildman–Crippen MR) is 74.8 cm³/mol. The van der Waals surface area contributed by atoms with Crippen LogP contribution in [0.3, 0.4) is 0 Å². The van der Waals surface area contributed by atoms with Crippen molar-refractivity contribution in [1.82, 2.24) is 9.78 Å². The SMILES string of the molecule is Cc1ccc(-c2[nH]n(CC(C)C)c(=O)c2C)cc1. The number of H-pyrrole nitrogens is 1. The van der Waals surface area contributed by atoms with Gasteiger partial charge in [0, 0.05) is 12.1 Å². The third-order valence-electron chi connectivity index (χ3n) is 3.08. The Morgan fingerprint density at radius 2 is 1.78 bits per heavy atom. The van der Waals surface area contributed by atoms with Crippen molar-refractivity contribution in [2.75, 3.05) is 0 Å². The van der Waals surface area contributed by atoms with E-state index >= 15 is 0 Å². The molecule has 0 radical (unpaired) electrons. The summed E-state index contributed by atoms with van der Waals surface area (Å²) >= 11 is 0. The highest BCUT2D eigenvalue weighted by Gasteiger charge is 2.12. The van der Waals surface area contributed by atoms with E-state index in [-0.39, 0.29) is 5.56 Å². The maximum Gasteiger partial charge on any atom is 0.270 e. The number of hydrogen-bond donors (Lipinski definition) is 1. The van der Waals surface area contributed by atoms with Gasteiger partial charge in [-0.15, -0.1) is 0 Å². The average molecular weight is 244 g/mol. The van der Waals surface area contributed by atoms with Crippen molar-refractivity contribution in [1.29, 1.82) is 0 Å². The topological polar surface area (TPSA) is 37.8 Å². The van der Waals surface area contributed by atoms with Crippen LogP contribution >= 0.6 is 0 Å². The van der Waals surface area contributed by atoms with E-state index in [9.17, 15) is 4.79 Å². The molecule has 0 saturated heterocycles. The first-order chi connectivity index (χ1) is 8.49. The number of hydrogen-bond acceptors (Lipinski definition) is 1. The third kappa shape index (κ3) is 2.40. The number of rotatable bonds is 3. The van der Waals surface area contributed by atoms with Crippen molar-refractivity contribution in [3.63, 3.8) is 0 Å². The van der Waals surface area contributed by atoms with Crippen molar-refractivity contribution in [2.24, 2.45) is 5.92 Å². The van der Waals surface area contributed by atoms with Gasteiger partial charge in [0.15, 0.2) is 0 Å². The van der Waals surface area contributed by atoms with E-state index in [4.69, 9.17) is 0 Å². The van der Waals surface area contributed by atoms with Crippen LogP contribution in [-0.4, -0.2) is 9.78 Å². The standard InChI is InChI=1S/C15H20N2O/c1-10(2)9-17-15(18)12(4)14(16-17)13-7-5-11(3)6-8-13/h5-8,10,16H,9H2,1-4H3. The number of aryl methyl sites for hydroxylation is 1. The van der Waals surface area contributed by atoms with Crippen LogP contribution in [-0.2, 0) is 6.54 Å². The molecule has 0 amide bonds. The molecular weight excluding hydrogens is 224 g/mol. The van der Waals surface area contributed by atoms with Crippen LogP contribution in [0.4, 0.5) is 0 Å². The fourth-order valence-electron chi connectivity index (χ4n) is 2.07. The maximum absolute atomic E-state index is 12.1. The molecule has 0 aliphatic heterocycles. The van der Waals surface area contributed by atoms with Crippen LogP contribution in [0.2, 0.25) is 0 Å². The largest absolute Gasteiger partial charge is 0.295 e. The third-order valence-corrected chi connectivity index (χ3v) is 3.08. The van der Waals surface area contributed by atoms with Crippen molar-refractivity contribution in [3.05, 3.63) is 45.7 Å². The smallest absolute Gasteiger partial charge is 0.270 e. The lowest BCUT2D eigenvalue weighted by atomic mass is 10.1. The van der Waals surface area contributed by atoms with Gasteiger partial charge in [0.2, 0.25) is 0 Å². The lowest BCUT2D eigenvalue weighted by molar-refractivity contribution is 0.473. The Hall–Kier alpha value is -1.77. The minimum absolute atomic E-state index is 0.0827. The van der Waals surface area contributed by atoms with Crippen molar-refractivity contribution >= 4 is 0 Å². The molecule has 18 heavy (non-hydrogen) atoms. The fourth-order valence-corrected chi connectivity index (χ4v) is 2.07. The van der Waals surface area contributed by atoms with Gasteiger partial charge in [-0.1, -0.05) is 43.7 Å². The summed E-state index contributed by atoms with van der Waals surface area (Å²) in [6.07, 6.45) is 0. The fraction of sp³-hybridized carbons (Fsp3) is 0.400. The molecule has 3 heteroatoms. The van der Waals surface area contributed by atoms with Crippen LogP contribution in [0, 0.1) is 19.8 Å². The number of aromatic nitrogens is 2. The molecule has 1 aromatic carbocycles. The van der Waals surface area contributed by atoms with Gasteiger partial charge >= 0.3 is 0 Å². The summed E-state index contributed by atoms with van der Waals surface area (Å²) in [5, 5.41) is 3.22. The summed E-state index contributed by atoms with van der Waals surface area (Å²) in [5.41, 5.74) is 4.09. The summed E-state index contributed by atoms with van der Waals surface area (Å²) < 4.78 is 1.70. The summed E-state index contributed by atoms with van der Waals surface area (Å²) in [6.45, 7) is 8.88. The highest BCUT2D eigenvalue weighted by atomic mass is 16.1. The van der Waals surface area contributed by atoms with Crippen LogP contribution < -0.4 is 5.56 Å². The van der Waals surface area contributed by atoms with Gasteiger partial charge in [-0.3, -0.25) is 14.6 Å². The van der Waals surface area contributed by atoms with E-state index in [0.29, 0.717) is 5.92 Å². The van der Waals surface area contributed by atoms with Gasteiger partial charge in [-0.2, -0.15) is 0 Å². The first-order valence-corrected chi connectivity index (χ1v) is 6.35. The molecule has 0 spiro atoms.